The molecular formula is C21H24F4N4O3. The molecule has 2 heterocycles. The summed E-state index contributed by atoms with van der Waals surface area (Å²) < 4.78 is 56.2. The zero-order valence-corrected chi connectivity index (χ0v) is 17.6. The second-order valence-electron chi connectivity index (χ2n) is 7.52. The molecule has 1 aromatic heterocycles. The van der Waals surface area contributed by atoms with Crippen LogP contribution in [0.3, 0.4) is 0 Å². The average Bonchev–Trinajstić information content (AvgIpc) is 2.73. The van der Waals surface area contributed by atoms with Crippen molar-refractivity contribution in [2.75, 3.05) is 45.9 Å². The van der Waals surface area contributed by atoms with Gasteiger partial charge in [-0.2, -0.15) is 18.3 Å². The smallest absolute Gasteiger partial charge is 0.372 e. The fourth-order valence-corrected chi connectivity index (χ4v) is 3.47. The highest BCUT2D eigenvalue weighted by molar-refractivity contribution is 5.92. The molecular weight excluding hydrogens is 432 g/mol. The van der Waals surface area contributed by atoms with Gasteiger partial charge in [-0.05, 0) is 25.5 Å². The highest BCUT2D eigenvalue weighted by atomic mass is 19.4. The molecule has 32 heavy (non-hydrogen) atoms. The van der Waals surface area contributed by atoms with Crippen LogP contribution in [0, 0.1) is 12.7 Å². The van der Waals surface area contributed by atoms with Crippen molar-refractivity contribution in [2.45, 2.75) is 19.5 Å². The molecule has 7 nitrogen and oxygen atoms in total. The van der Waals surface area contributed by atoms with E-state index in [2.05, 4.69) is 9.84 Å². The molecule has 0 bridgehead atoms. The number of hydrogen-bond acceptors (Lipinski definition) is 5. The minimum atomic E-state index is -4.33. The van der Waals surface area contributed by atoms with Gasteiger partial charge in [-0.15, -0.1) is 0 Å². The quantitative estimate of drug-likeness (QED) is 0.473. The summed E-state index contributed by atoms with van der Waals surface area (Å²) in [6.07, 6.45) is -3.89. The Balaban J connectivity index is 1.59. The number of piperazine rings is 1. The van der Waals surface area contributed by atoms with Gasteiger partial charge in [0.2, 0.25) is 5.43 Å². The van der Waals surface area contributed by atoms with E-state index in [0.717, 1.165) is 0 Å². The molecule has 1 saturated heterocycles. The van der Waals surface area contributed by atoms with Gasteiger partial charge in [0.1, 0.15) is 18.1 Å². The van der Waals surface area contributed by atoms with Crippen LogP contribution >= 0.6 is 0 Å². The Hall–Kier alpha value is -2.79. The van der Waals surface area contributed by atoms with Gasteiger partial charge in [0.05, 0.1) is 0 Å². The number of ether oxygens (including phenoxy) is 1. The summed E-state index contributed by atoms with van der Waals surface area (Å²) in [5.74, 6) is -1.06. The van der Waals surface area contributed by atoms with E-state index < -0.39 is 29.9 Å². The summed E-state index contributed by atoms with van der Waals surface area (Å²) in [6, 6.07) is 7.19. The monoisotopic (exact) mass is 456 g/mol. The van der Waals surface area contributed by atoms with Crippen molar-refractivity contribution in [1.29, 1.82) is 0 Å². The molecule has 1 aromatic carbocycles. The van der Waals surface area contributed by atoms with E-state index in [9.17, 15) is 27.2 Å². The van der Waals surface area contributed by atoms with E-state index in [4.69, 9.17) is 0 Å². The summed E-state index contributed by atoms with van der Waals surface area (Å²) in [4.78, 5) is 28.8. The van der Waals surface area contributed by atoms with Crippen LogP contribution in [-0.2, 0) is 4.74 Å². The number of aryl methyl sites for hydroxylation is 1. The third-order valence-corrected chi connectivity index (χ3v) is 5.08. The average molecular weight is 456 g/mol. The van der Waals surface area contributed by atoms with Gasteiger partial charge in [-0.25, -0.2) is 9.07 Å². The number of carbonyl (C=O) groups excluding carboxylic acids is 1. The Kier molecular flexibility index (Phi) is 7.62. The molecule has 0 saturated carbocycles. The standard InChI is InChI=1S/C21H24F4N4O3/c1-15-13-18(30)19(26-29(15)17-6-3-2-5-16(17)22)20(31)28-10-8-27(9-11-28)7-4-12-32-14-21(23,24)25/h2-3,5-6,13H,4,7-12,14H2,1H3. The lowest BCUT2D eigenvalue weighted by atomic mass is 10.2. The lowest BCUT2D eigenvalue weighted by Gasteiger charge is -2.34. The van der Waals surface area contributed by atoms with Gasteiger partial charge >= 0.3 is 6.18 Å². The molecule has 1 aliphatic heterocycles. The van der Waals surface area contributed by atoms with Crippen molar-refractivity contribution in [3.63, 3.8) is 0 Å². The van der Waals surface area contributed by atoms with E-state index in [0.29, 0.717) is 44.8 Å². The maximum atomic E-state index is 14.2. The zero-order chi connectivity index (χ0) is 23.3. The van der Waals surface area contributed by atoms with Crippen molar-refractivity contribution in [1.82, 2.24) is 19.6 Å². The molecule has 174 valence electrons. The number of hydrogen-bond donors (Lipinski definition) is 0. The number of benzene rings is 1. The summed E-state index contributed by atoms with van der Waals surface area (Å²) >= 11 is 0. The molecule has 3 rings (SSSR count). The molecule has 0 radical (unpaired) electrons. The molecule has 1 aliphatic rings. The first-order valence-electron chi connectivity index (χ1n) is 10.2. The minimum absolute atomic E-state index is 0.00152. The number of rotatable bonds is 7. The lowest BCUT2D eigenvalue weighted by Crippen LogP contribution is -2.50. The lowest BCUT2D eigenvalue weighted by molar-refractivity contribution is -0.174. The summed E-state index contributed by atoms with van der Waals surface area (Å²) in [5, 5.41) is 4.14. The number of nitrogens with zero attached hydrogens (tertiary/aromatic N) is 4. The molecule has 0 atom stereocenters. The largest absolute Gasteiger partial charge is 0.411 e. The second-order valence-corrected chi connectivity index (χ2v) is 7.52. The first-order valence-corrected chi connectivity index (χ1v) is 10.2. The van der Waals surface area contributed by atoms with Gasteiger partial charge in [0.15, 0.2) is 5.69 Å². The van der Waals surface area contributed by atoms with Crippen LogP contribution in [0.15, 0.2) is 35.1 Å². The fraction of sp³-hybridized carbons (Fsp3) is 0.476. The van der Waals surface area contributed by atoms with Crippen LogP contribution in [0.2, 0.25) is 0 Å². The third kappa shape index (κ3) is 6.13. The SMILES string of the molecule is Cc1cc(=O)c(C(=O)N2CCN(CCCOCC(F)(F)F)CC2)nn1-c1ccccc1F. The van der Waals surface area contributed by atoms with Crippen LogP contribution in [0.5, 0.6) is 0 Å². The Morgan fingerprint density at radius 1 is 1.16 bits per heavy atom. The minimum Gasteiger partial charge on any atom is -0.372 e. The van der Waals surface area contributed by atoms with E-state index >= 15 is 0 Å². The Morgan fingerprint density at radius 2 is 1.84 bits per heavy atom. The Bertz CT molecular complexity index is 1000. The highest BCUT2D eigenvalue weighted by Gasteiger charge is 2.28. The van der Waals surface area contributed by atoms with Gasteiger partial charge in [0, 0.05) is 51.1 Å². The van der Waals surface area contributed by atoms with Crippen molar-refractivity contribution >= 4 is 5.91 Å². The van der Waals surface area contributed by atoms with Crippen molar-refractivity contribution in [3.05, 3.63) is 57.8 Å². The third-order valence-electron chi connectivity index (χ3n) is 5.08. The second kappa shape index (κ2) is 10.2. The van der Waals surface area contributed by atoms with Crippen LogP contribution in [0.4, 0.5) is 17.6 Å². The number of carbonyl (C=O) groups is 1. The fourth-order valence-electron chi connectivity index (χ4n) is 3.47. The van der Waals surface area contributed by atoms with E-state index in [1.807, 2.05) is 4.90 Å². The highest BCUT2D eigenvalue weighted by Crippen LogP contribution is 2.15. The molecule has 0 N–H and O–H groups in total. The van der Waals surface area contributed by atoms with Crippen molar-refractivity contribution < 1.29 is 27.1 Å². The van der Waals surface area contributed by atoms with Gasteiger partial charge in [-0.3, -0.25) is 14.5 Å². The van der Waals surface area contributed by atoms with Crippen LogP contribution in [0.25, 0.3) is 5.69 Å². The molecule has 0 aliphatic carbocycles. The van der Waals surface area contributed by atoms with Crippen LogP contribution in [-0.4, -0.2) is 77.6 Å². The van der Waals surface area contributed by atoms with E-state index in [-0.39, 0.29) is 18.0 Å². The molecule has 2 aromatic rings. The van der Waals surface area contributed by atoms with Crippen molar-refractivity contribution in [3.8, 4) is 5.69 Å². The normalized spacial score (nSPS) is 15.2. The number of alkyl halides is 3. The number of halogens is 4. The number of amides is 1. The number of para-hydroxylation sites is 1. The molecule has 1 fully saturated rings. The van der Waals surface area contributed by atoms with E-state index in [1.165, 1.54) is 33.8 Å². The Labute approximate surface area is 182 Å². The van der Waals surface area contributed by atoms with Gasteiger partial charge in [0.25, 0.3) is 5.91 Å². The summed E-state index contributed by atoms with van der Waals surface area (Å²) in [5.41, 5.74) is -0.289. The van der Waals surface area contributed by atoms with Crippen molar-refractivity contribution in [2.24, 2.45) is 0 Å². The van der Waals surface area contributed by atoms with Crippen LogP contribution < -0.4 is 5.43 Å². The van der Waals surface area contributed by atoms with Crippen LogP contribution in [0.1, 0.15) is 22.6 Å². The topological polar surface area (TPSA) is 67.7 Å². The predicted molar refractivity (Wildman–Crippen MR) is 108 cm³/mol. The molecule has 0 unspecified atom stereocenters. The predicted octanol–water partition coefficient (Wildman–Crippen LogP) is 2.41. The maximum Gasteiger partial charge on any atom is 0.411 e. The first kappa shape index (κ1) is 23.9. The maximum absolute atomic E-state index is 14.2. The number of aromatic nitrogens is 2. The Morgan fingerprint density at radius 3 is 2.50 bits per heavy atom. The van der Waals surface area contributed by atoms with Gasteiger partial charge in [-0.1, -0.05) is 12.1 Å². The molecule has 0 spiro atoms. The first-order chi connectivity index (χ1) is 15.2. The summed E-state index contributed by atoms with van der Waals surface area (Å²) in [7, 11) is 0. The molecule has 11 heteroatoms. The molecule has 1 amide bonds. The zero-order valence-electron chi connectivity index (χ0n) is 17.6. The van der Waals surface area contributed by atoms with E-state index in [1.54, 1.807) is 13.0 Å². The van der Waals surface area contributed by atoms with Gasteiger partial charge < -0.3 is 9.64 Å². The summed E-state index contributed by atoms with van der Waals surface area (Å²) in [6.45, 7) is 2.60.